The number of para-hydroxylation sites is 1. The summed E-state index contributed by atoms with van der Waals surface area (Å²) >= 11 is 0. The maximum absolute atomic E-state index is 13.9. The van der Waals surface area contributed by atoms with Crippen molar-refractivity contribution in [3.63, 3.8) is 0 Å². The van der Waals surface area contributed by atoms with Crippen LogP contribution in [0.3, 0.4) is 0 Å². The highest BCUT2D eigenvalue weighted by molar-refractivity contribution is 6.10. The van der Waals surface area contributed by atoms with Gasteiger partial charge in [-0.1, -0.05) is 42.5 Å². The predicted molar refractivity (Wildman–Crippen MR) is 100 cm³/mol. The van der Waals surface area contributed by atoms with Crippen molar-refractivity contribution in [1.29, 1.82) is 0 Å². The Labute approximate surface area is 157 Å². The Balaban J connectivity index is 1.56. The molecule has 7 heteroatoms. The fourth-order valence-electron chi connectivity index (χ4n) is 3.25. The third-order valence-electron chi connectivity index (χ3n) is 4.65. The summed E-state index contributed by atoms with van der Waals surface area (Å²) < 4.78 is 13.9. The van der Waals surface area contributed by atoms with E-state index in [9.17, 15) is 19.1 Å². The fraction of sp³-hybridized carbons (Fsp3) is 0.300. The number of rotatable bonds is 4. The zero-order valence-electron chi connectivity index (χ0n) is 14.8. The maximum Gasteiger partial charge on any atom is 0.420 e. The highest BCUT2D eigenvalue weighted by atomic mass is 19.1. The minimum atomic E-state index is -1.51. The third-order valence-corrected chi connectivity index (χ3v) is 4.65. The van der Waals surface area contributed by atoms with Crippen LogP contribution in [0.25, 0.3) is 0 Å². The first-order valence-electron chi connectivity index (χ1n) is 8.89. The monoisotopic (exact) mass is 371 g/mol. The Bertz CT molecular complexity index is 792. The van der Waals surface area contributed by atoms with Gasteiger partial charge in [-0.25, -0.2) is 14.0 Å². The molecular weight excluding hydrogens is 349 g/mol. The molecule has 1 aliphatic heterocycles. The van der Waals surface area contributed by atoms with Gasteiger partial charge >= 0.3 is 12.1 Å². The number of nitrogens with one attached hydrogen (secondary N) is 1. The summed E-state index contributed by atoms with van der Waals surface area (Å²) in [7, 11) is 0. The van der Waals surface area contributed by atoms with Crippen LogP contribution in [0, 0.1) is 5.82 Å². The van der Waals surface area contributed by atoms with Gasteiger partial charge in [0.05, 0.1) is 5.69 Å². The number of halogens is 1. The quantitative estimate of drug-likeness (QED) is 0.860. The number of hydrogen-bond donors (Lipinski definition) is 2. The van der Waals surface area contributed by atoms with Gasteiger partial charge in [0, 0.05) is 25.7 Å². The molecule has 1 fully saturated rings. The lowest BCUT2D eigenvalue weighted by molar-refractivity contribution is 0.184. The first-order chi connectivity index (χ1) is 13.0. The van der Waals surface area contributed by atoms with E-state index in [1.807, 2.05) is 18.2 Å². The van der Waals surface area contributed by atoms with Gasteiger partial charge in [0.2, 0.25) is 0 Å². The summed E-state index contributed by atoms with van der Waals surface area (Å²) in [5.41, 5.74) is 0.959. The van der Waals surface area contributed by atoms with Crippen LogP contribution >= 0.6 is 0 Å². The number of imide groups is 1. The van der Waals surface area contributed by atoms with Crippen LogP contribution in [0.5, 0.6) is 0 Å². The fourth-order valence-corrected chi connectivity index (χ4v) is 3.25. The van der Waals surface area contributed by atoms with Gasteiger partial charge in [-0.05, 0) is 30.5 Å². The van der Waals surface area contributed by atoms with Crippen LogP contribution in [0.2, 0.25) is 0 Å². The zero-order valence-corrected chi connectivity index (χ0v) is 14.8. The van der Waals surface area contributed by atoms with Crippen molar-refractivity contribution >= 4 is 17.8 Å². The van der Waals surface area contributed by atoms with Crippen LogP contribution in [-0.2, 0) is 6.54 Å². The molecule has 1 saturated heterocycles. The number of hydrogen-bond acceptors (Lipinski definition) is 3. The summed E-state index contributed by atoms with van der Waals surface area (Å²) in [5.74, 6) is -0.757. The van der Waals surface area contributed by atoms with E-state index in [1.165, 1.54) is 23.8 Å². The molecule has 6 nitrogen and oxygen atoms in total. The second-order valence-corrected chi connectivity index (χ2v) is 6.55. The van der Waals surface area contributed by atoms with Gasteiger partial charge in [0.15, 0.2) is 0 Å². The largest absolute Gasteiger partial charge is 0.464 e. The van der Waals surface area contributed by atoms with Gasteiger partial charge in [0.1, 0.15) is 5.82 Å². The molecule has 2 aromatic carbocycles. The average molecular weight is 371 g/mol. The van der Waals surface area contributed by atoms with Crippen LogP contribution in [0.1, 0.15) is 18.4 Å². The van der Waals surface area contributed by atoms with Crippen LogP contribution in [-0.4, -0.2) is 41.3 Å². The first-order valence-corrected chi connectivity index (χ1v) is 8.89. The summed E-state index contributed by atoms with van der Waals surface area (Å²) in [6.07, 6.45) is -0.0915. The molecule has 2 N–H and O–H groups in total. The van der Waals surface area contributed by atoms with E-state index in [0.717, 1.165) is 25.7 Å². The van der Waals surface area contributed by atoms with Gasteiger partial charge in [0.25, 0.3) is 0 Å². The van der Waals surface area contributed by atoms with Gasteiger partial charge in [-0.2, -0.15) is 4.90 Å². The second-order valence-electron chi connectivity index (χ2n) is 6.55. The van der Waals surface area contributed by atoms with Crippen LogP contribution < -0.4 is 10.2 Å². The highest BCUT2D eigenvalue weighted by Crippen LogP contribution is 2.20. The van der Waals surface area contributed by atoms with Crippen molar-refractivity contribution in [2.45, 2.75) is 25.4 Å². The van der Waals surface area contributed by atoms with Gasteiger partial charge in [-0.15, -0.1) is 0 Å². The molecule has 0 aliphatic carbocycles. The molecule has 0 spiro atoms. The average Bonchev–Trinajstić information content (AvgIpc) is 2.66. The van der Waals surface area contributed by atoms with E-state index in [4.69, 9.17) is 0 Å². The minimum absolute atomic E-state index is 0.141. The lowest BCUT2D eigenvalue weighted by atomic mass is 10.0. The Kier molecular flexibility index (Phi) is 6.03. The van der Waals surface area contributed by atoms with Crippen molar-refractivity contribution in [3.8, 4) is 0 Å². The number of anilines is 1. The number of benzene rings is 2. The van der Waals surface area contributed by atoms with E-state index in [0.29, 0.717) is 17.7 Å². The lowest BCUT2D eigenvalue weighted by Gasteiger charge is -2.33. The van der Waals surface area contributed by atoms with Crippen LogP contribution in [0.15, 0.2) is 54.6 Å². The molecule has 0 saturated carbocycles. The Morgan fingerprint density at radius 3 is 2.33 bits per heavy atom. The lowest BCUT2D eigenvalue weighted by Crippen LogP contribution is -2.51. The van der Waals surface area contributed by atoms with Crippen molar-refractivity contribution in [1.82, 2.24) is 10.2 Å². The van der Waals surface area contributed by atoms with Crippen molar-refractivity contribution in [2.24, 2.45) is 0 Å². The highest BCUT2D eigenvalue weighted by Gasteiger charge is 2.28. The van der Waals surface area contributed by atoms with E-state index in [1.54, 1.807) is 0 Å². The first kappa shape index (κ1) is 18.8. The summed E-state index contributed by atoms with van der Waals surface area (Å²) in [6, 6.07) is 14.5. The summed E-state index contributed by atoms with van der Waals surface area (Å²) in [6.45, 7) is 2.44. The number of nitrogens with zero attached hydrogens (tertiary/aromatic N) is 2. The molecule has 0 aromatic heterocycles. The summed E-state index contributed by atoms with van der Waals surface area (Å²) in [4.78, 5) is 26.6. The zero-order chi connectivity index (χ0) is 19.2. The smallest absolute Gasteiger partial charge is 0.420 e. The van der Waals surface area contributed by atoms with Crippen LogP contribution in [0.4, 0.5) is 19.7 Å². The molecule has 1 aliphatic rings. The number of piperidine rings is 1. The standard InChI is InChI=1S/C20H22FN3O3/c21-17-8-4-5-9-18(17)24(20(26)27)19(25)22-16-10-12-23(13-11-16)14-15-6-2-1-3-7-15/h1-9,16H,10-14H2,(H,22,25)(H,26,27). The Morgan fingerprint density at radius 2 is 1.70 bits per heavy atom. The van der Waals surface area contributed by atoms with E-state index < -0.39 is 17.9 Å². The molecule has 3 amide bonds. The van der Waals surface area contributed by atoms with E-state index in [2.05, 4.69) is 22.3 Å². The van der Waals surface area contributed by atoms with E-state index >= 15 is 0 Å². The maximum atomic E-state index is 13.9. The summed E-state index contributed by atoms with van der Waals surface area (Å²) in [5, 5.41) is 12.1. The van der Waals surface area contributed by atoms with Crippen molar-refractivity contribution in [3.05, 3.63) is 66.0 Å². The minimum Gasteiger partial charge on any atom is -0.464 e. The predicted octanol–water partition coefficient (Wildman–Crippen LogP) is 3.68. The molecular formula is C20H22FN3O3. The molecule has 0 radical (unpaired) electrons. The van der Waals surface area contributed by atoms with Gasteiger partial charge < -0.3 is 10.4 Å². The molecule has 0 bridgehead atoms. The third kappa shape index (κ3) is 4.83. The molecule has 2 aromatic rings. The number of carbonyl (C=O) groups is 2. The Hall–Kier alpha value is -2.93. The van der Waals surface area contributed by atoms with E-state index in [-0.39, 0.29) is 11.7 Å². The molecule has 0 atom stereocenters. The molecule has 0 unspecified atom stereocenters. The molecule has 142 valence electrons. The SMILES string of the molecule is O=C(O)N(C(=O)NC1CCN(Cc2ccccc2)CC1)c1ccccc1F. The molecule has 3 rings (SSSR count). The van der Waals surface area contributed by atoms with Crippen molar-refractivity contribution in [2.75, 3.05) is 18.0 Å². The number of carbonyl (C=O) groups excluding carboxylic acids is 1. The topological polar surface area (TPSA) is 72.9 Å². The normalized spacial score (nSPS) is 15.3. The molecule has 27 heavy (non-hydrogen) atoms. The number of carboxylic acid groups (broad SMARTS) is 1. The molecule has 1 heterocycles. The number of urea groups is 1. The number of amides is 3. The van der Waals surface area contributed by atoms with Gasteiger partial charge in [-0.3, -0.25) is 4.90 Å². The number of likely N-dealkylation sites (tertiary alicyclic amines) is 1. The van der Waals surface area contributed by atoms with Crippen molar-refractivity contribution < 1.29 is 19.1 Å². The Morgan fingerprint density at radius 1 is 1.07 bits per heavy atom. The second kappa shape index (κ2) is 8.64.